The number of para-hydroxylation sites is 1. The van der Waals surface area contributed by atoms with Gasteiger partial charge in [0.1, 0.15) is 17.0 Å². The van der Waals surface area contributed by atoms with Crippen LogP contribution in [0.3, 0.4) is 0 Å². The molecule has 1 N–H and O–H groups in total. The van der Waals surface area contributed by atoms with Crippen LogP contribution in [0, 0.1) is 11.7 Å². The Morgan fingerprint density at radius 2 is 1.76 bits per heavy atom. The van der Waals surface area contributed by atoms with Gasteiger partial charge in [0.25, 0.3) is 0 Å². The summed E-state index contributed by atoms with van der Waals surface area (Å²) in [7, 11) is 0. The monoisotopic (exact) mass is 388 g/mol. The van der Waals surface area contributed by atoms with Gasteiger partial charge >= 0.3 is 0 Å². The lowest BCUT2D eigenvalue weighted by molar-refractivity contribution is -0.122. The number of fused-ring (bicyclic) bond motifs is 3. The fraction of sp³-hybridized carbons (Fsp3) is 0.130. The number of benzene rings is 3. The minimum absolute atomic E-state index is 0.121. The number of carbonyl (C=O) groups excluding carboxylic acids is 2. The zero-order chi connectivity index (χ0) is 20.0. The van der Waals surface area contributed by atoms with Crippen LogP contribution in [0.1, 0.15) is 6.42 Å². The van der Waals surface area contributed by atoms with Gasteiger partial charge in [-0.25, -0.2) is 4.39 Å². The average molecular weight is 388 g/mol. The van der Waals surface area contributed by atoms with E-state index in [1.807, 2.05) is 36.4 Å². The van der Waals surface area contributed by atoms with E-state index in [0.717, 1.165) is 16.4 Å². The van der Waals surface area contributed by atoms with Gasteiger partial charge in [-0.05, 0) is 42.5 Å². The number of anilines is 2. The average Bonchev–Trinajstić information content (AvgIpc) is 3.29. The Bertz CT molecular complexity index is 1250. The summed E-state index contributed by atoms with van der Waals surface area (Å²) >= 11 is 0. The van der Waals surface area contributed by atoms with Crippen LogP contribution in [0.4, 0.5) is 15.8 Å². The van der Waals surface area contributed by atoms with Crippen LogP contribution in [0.15, 0.2) is 71.1 Å². The summed E-state index contributed by atoms with van der Waals surface area (Å²) in [5, 5.41) is 4.89. The molecule has 0 aliphatic carbocycles. The molecule has 1 saturated heterocycles. The van der Waals surface area contributed by atoms with E-state index in [2.05, 4.69) is 5.32 Å². The van der Waals surface area contributed by atoms with Gasteiger partial charge in [0.2, 0.25) is 11.8 Å². The van der Waals surface area contributed by atoms with E-state index >= 15 is 0 Å². The van der Waals surface area contributed by atoms with Crippen LogP contribution in [0.25, 0.3) is 21.9 Å². The highest BCUT2D eigenvalue weighted by Crippen LogP contribution is 2.31. The maximum atomic E-state index is 13.1. The van der Waals surface area contributed by atoms with Crippen molar-refractivity contribution in [3.8, 4) is 0 Å². The van der Waals surface area contributed by atoms with Gasteiger partial charge in [0.15, 0.2) is 0 Å². The van der Waals surface area contributed by atoms with Crippen molar-refractivity contribution in [3.05, 3.63) is 72.5 Å². The van der Waals surface area contributed by atoms with Crippen molar-refractivity contribution in [2.75, 3.05) is 16.8 Å². The van der Waals surface area contributed by atoms with E-state index in [4.69, 9.17) is 4.42 Å². The van der Waals surface area contributed by atoms with Crippen LogP contribution in [0.5, 0.6) is 0 Å². The Hall–Kier alpha value is -3.67. The van der Waals surface area contributed by atoms with Crippen molar-refractivity contribution in [3.63, 3.8) is 0 Å². The first kappa shape index (κ1) is 17.4. The lowest BCUT2D eigenvalue weighted by Gasteiger charge is -2.16. The van der Waals surface area contributed by atoms with Crippen LogP contribution in [-0.4, -0.2) is 18.4 Å². The number of hydrogen-bond acceptors (Lipinski definition) is 3. The fourth-order valence-corrected chi connectivity index (χ4v) is 3.80. The van der Waals surface area contributed by atoms with E-state index in [1.54, 1.807) is 18.2 Å². The van der Waals surface area contributed by atoms with E-state index in [0.29, 0.717) is 17.0 Å². The SMILES string of the molecule is O=C(Nc1ccc2c(c1)oc1ccccc12)[C@@H]1CC(=O)N(c2ccc(F)cc2)C1. The second-order valence-electron chi connectivity index (χ2n) is 7.18. The highest BCUT2D eigenvalue weighted by atomic mass is 19.1. The third-order valence-corrected chi connectivity index (χ3v) is 5.28. The molecule has 1 aliphatic heterocycles. The molecule has 1 atom stereocenters. The van der Waals surface area contributed by atoms with Crippen LogP contribution in [-0.2, 0) is 9.59 Å². The predicted molar refractivity (Wildman–Crippen MR) is 109 cm³/mol. The molecule has 5 nitrogen and oxygen atoms in total. The molecule has 2 amide bonds. The number of rotatable bonds is 3. The smallest absolute Gasteiger partial charge is 0.229 e. The molecule has 144 valence electrons. The molecule has 4 aromatic rings. The molecule has 3 aromatic carbocycles. The van der Waals surface area contributed by atoms with Crippen molar-refractivity contribution in [1.29, 1.82) is 0 Å². The number of furan rings is 1. The minimum atomic E-state index is -0.473. The summed E-state index contributed by atoms with van der Waals surface area (Å²) in [6.45, 7) is 0.267. The Morgan fingerprint density at radius 3 is 2.59 bits per heavy atom. The molecule has 1 aliphatic rings. The highest BCUT2D eigenvalue weighted by molar-refractivity contribution is 6.07. The third-order valence-electron chi connectivity index (χ3n) is 5.28. The zero-order valence-electron chi connectivity index (χ0n) is 15.4. The van der Waals surface area contributed by atoms with Crippen molar-refractivity contribution >= 4 is 45.1 Å². The molecule has 0 bridgehead atoms. The first-order chi connectivity index (χ1) is 14.1. The topological polar surface area (TPSA) is 62.6 Å². The molecule has 0 unspecified atom stereocenters. The van der Waals surface area contributed by atoms with Crippen molar-refractivity contribution in [2.45, 2.75) is 6.42 Å². The van der Waals surface area contributed by atoms with Gasteiger partial charge in [0, 0.05) is 41.2 Å². The quantitative estimate of drug-likeness (QED) is 0.553. The van der Waals surface area contributed by atoms with E-state index in [9.17, 15) is 14.0 Å². The van der Waals surface area contributed by atoms with Crippen molar-refractivity contribution < 1.29 is 18.4 Å². The van der Waals surface area contributed by atoms with Crippen LogP contribution >= 0.6 is 0 Å². The summed E-state index contributed by atoms with van der Waals surface area (Å²) in [5.41, 5.74) is 2.70. The third kappa shape index (κ3) is 3.12. The van der Waals surface area contributed by atoms with E-state index < -0.39 is 5.92 Å². The summed E-state index contributed by atoms with van der Waals surface area (Å²) in [6.07, 6.45) is 0.121. The Balaban J connectivity index is 1.34. The molecule has 0 radical (unpaired) electrons. The maximum absolute atomic E-state index is 13.1. The number of amides is 2. The largest absolute Gasteiger partial charge is 0.456 e. The Labute approximate surface area is 165 Å². The lowest BCUT2D eigenvalue weighted by Crippen LogP contribution is -2.28. The number of halogens is 1. The number of nitrogens with one attached hydrogen (secondary N) is 1. The Morgan fingerprint density at radius 1 is 1.00 bits per heavy atom. The van der Waals surface area contributed by atoms with Gasteiger partial charge in [-0.3, -0.25) is 9.59 Å². The molecule has 1 aromatic heterocycles. The molecular weight excluding hydrogens is 371 g/mol. The lowest BCUT2D eigenvalue weighted by atomic mass is 10.1. The van der Waals surface area contributed by atoms with Gasteiger partial charge in [-0.1, -0.05) is 18.2 Å². The first-order valence-electron chi connectivity index (χ1n) is 9.36. The Kier molecular flexibility index (Phi) is 4.05. The summed E-state index contributed by atoms with van der Waals surface area (Å²) in [6, 6.07) is 19.0. The van der Waals surface area contributed by atoms with Crippen molar-refractivity contribution in [1.82, 2.24) is 0 Å². The van der Waals surface area contributed by atoms with Gasteiger partial charge < -0.3 is 14.6 Å². The van der Waals surface area contributed by atoms with Gasteiger partial charge in [-0.2, -0.15) is 0 Å². The van der Waals surface area contributed by atoms with E-state index in [-0.39, 0.29) is 30.6 Å². The number of carbonyl (C=O) groups is 2. The van der Waals surface area contributed by atoms with Crippen molar-refractivity contribution in [2.24, 2.45) is 5.92 Å². The number of nitrogens with zero attached hydrogens (tertiary/aromatic N) is 1. The molecule has 0 spiro atoms. The van der Waals surface area contributed by atoms with Crippen LogP contribution < -0.4 is 10.2 Å². The first-order valence-corrected chi connectivity index (χ1v) is 9.36. The number of hydrogen-bond donors (Lipinski definition) is 1. The molecule has 1 fully saturated rings. The van der Waals surface area contributed by atoms with Crippen LogP contribution in [0.2, 0.25) is 0 Å². The minimum Gasteiger partial charge on any atom is -0.456 e. The molecule has 2 heterocycles. The van der Waals surface area contributed by atoms with Gasteiger partial charge in [0.05, 0.1) is 5.92 Å². The fourth-order valence-electron chi connectivity index (χ4n) is 3.80. The standard InChI is InChI=1S/C23H17FN2O3/c24-15-5-8-17(9-6-15)26-13-14(11-22(26)27)23(28)25-16-7-10-19-18-3-1-2-4-20(18)29-21(19)12-16/h1-10,12,14H,11,13H2,(H,25,28)/t14-/m1/s1. The summed E-state index contributed by atoms with van der Waals surface area (Å²) in [4.78, 5) is 26.6. The maximum Gasteiger partial charge on any atom is 0.229 e. The predicted octanol–water partition coefficient (Wildman–Crippen LogP) is 4.72. The zero-order valence-corrected chi connectivity index (χ0v) is 15.4. The summed E-state index contributed by atoms with van der Waals surface area (Å²) < 4.78 is 19.0. The van der Waals surface area contributed by atoms with E-state index in [1.165, 1.54) is 17.0 Å². The molecule has 0 saturated carbocycles. The molecular formula is C23H17FN2O3. The normalized spacial score (nSPS) is 16.7. The second-order valence-corrected chi connectivity index (χ2v) is 7.18. The summed E-state index contributed by atoms with van der Waals surface area (Å²) in [5.74, 6) is -1.21. The second kappa shape index (κ2) is 6.74. The highest BCUT2D eigenvalue weighted by Gasteiger charge is 2.35. The molecule has 6 heteroatoms. The molecule has 29 heavy (non-hydrogen) atoms. The molecule has 5 rings (SSSR count). The van der Waals surface area contributed by atoms with Gasteiger partial charge in [-0.15, -0.1) is 0 Å².